The first kappa shape index (κ1) is 34.4. The maximum atomic E-state index is 15.3. The number of carbonyl (C=O) groups is 2. The molecular formula is C32H34ClF5N8O4. The van der Waals surface area contributed by atoms with Crippen LogP contribution in [0.3, 0.4) is 0 Å². The number of halogens is 6. The lowest BCUT2D eigenvalue weighted by molar-refractivity contribution is -0.140. The molecule has 2 saturated heterocycles. The van der Waals surface area contributed by atoms with E-state index in [1.807, 2.05) is 0 Å². The molecule has 0 radical (unpaired) electrons. The average Bonchev–Trinajstić information content (AvgIpc) is 3.66. The third-order valence-corrected chi connectivity index (χ3v) is 10.3. The van der Waals surface area contributed by atoms with Crippen LogP contribution >= 0.6 is 11.6 Å². The van der Waals surface area contributed by atoms with Crippen molar-refractivity contribution in [2.75, 3.05) is 51.0 Å². The van der Waals surface area contributed by atoms with Crippen molar-refractivity contribution in [3.05, 3.63) is 56.7 Å². The van der Waals surface area contributed by atoms with E-state index in [0.717, 1.165) is 29.8 Å². The van der Waals surface area contributed by atoms with Crippen molar-refractivity contribution in [3.8, 4) is 6.01 Å². The molecule has 3 aromatic rings. The fraction of sp³-hybridized carbons (Fsp3) is 0.531. The lowest BCUT2D eigenvalue weighted by Crippen LogP contribution is -2.43. The predicted octanol–water partition coefficient (Wildman–Crippen LogP) is 4.59. The monoisotopic (exact) mass is 724 g/mol. The van der Waals surface area contributed by atoms with E-state index in [1.165, 1.54) is 19.0 Å². The van der Waals surface area contributed by atoms with Gasteiger partial charge in [-0.2, -0.15) is 28.2 Å². The Labute approximate surface area is 288 Å². The van der Waals surface area contributed by atoms with Gasteiger partial charge in [-0.05, 0) is 31.5 Å². The molecule has 6 heterocycles. The number of fused-ring (bicyclic) bond motifs is 3. The van der Waals surface area contributed by atoms with Crippen molar-refractivity contribution in [1.82, 2.24) is 29.5 Å². The van der Waals surface area contributed by atoms with Crippen LogP contribution in [0.1, 0.15) is 75.1 Å². The standard InChI is InChI=1S/C32H34ClF5N8O4/c1-43(2)29(48)27-25(33)21-13-44(9-6-23(47)46(21)42-27)28-17-14-49-22(24-18(32(36,37)38)4-5-19(39)26(24)35)10-20(17)40-30(41-28)50-15-31-7-3-8-45(31)12-16(34)11-31/h4-5,16,22H,3,6-15,39H2,1-2H3/t16-,22+,31+/m1/s1. The molecule has 3 atom stereocenters. The first-order valence-corrected chi connectivity index (χ1v) is 16.5. The largest absolute Gasteiger partial charge is 0.461 e. The van der Waals surface area contributed by atoms with Gasteiger partial charge in [-0.25, -0.2) is 13.5 Å². The Morgan fingerprint density at radius 2 is 2.02 bits per heavy atom. The fourth-order valence-electron chi connectivity index (χ4n) is 7.46. The Hall–Kier alpha value is -4.09. The van der Waals surface area contributed by atoms with Gasteiger partial charge < -0.3 is 25.0 Å². The van der Waals surface area contributed by atoms with Crippen LogP contribution in [0.15, 0.2) is 12.1 Å². The molecule has 1 aromatic carbocycles. The number of amides is 1. The highest BCUT2D eigenvalue weighted by molar-refractivity contribution is 6.34. The van der Waals surface area contributed by atoms with Gasteiger partial charge in [0.25, 0.3) is 5.91 Å². The van der Waals surface area contributed by atoms with Crippen LogP contribution in [0.5, 0.6) is 6.01 Å². The average molecular weight is 725 g/mol. The molecule has 2 N–H and O–H groups in total. The van der Waals surface area contributed by atoms with Crippen molar-refractivity contribution in [1.29, 1.82) is 0 Å². The summed E-state index contributed by atoms with van der Waals surface area (Å²) >= 11 is 6.63. The van der Waals surface area contributed by atoms with E-state index >= 15 is 4.39 Å². The van der Waals surface area contributed by atoms with Crippen molar-refractivity contribution in [2.45, 2.75) is 69.2 Å². The van der Waals surface area contributed by atoms with Gasteiger partial charge in [0.15, 0.2) is 11.5 Å². The molecule has 268 valence electrons. The summed E-state index contributed by atoms with van der Waals surface area (Å²) in [7, 11) is 3.05. The van der Waals surface area contributed by atoms with Gasteiger partial charge in [0.2, 0.25) is 5.91 Å². The van der Waals surface area contributed by atoms with Crippen LogP contribution in [0.2, 0.25) is 5.02 Å². The smallest absolute Gasteiger partial charge is 0.416 e. The maximum Gasteiger partial charge on any atom is 0.416 e. The Morgan fingerprint density at radius 3 is 2.76 bits per heavy atom. The van der Waals surface area contributed by atoms with Gasteiger partial charge in [0.05, 0.1) is 52.5 Å². The van der Waals surface area contributed by atoms with Gasteiger partial charge in [-0.1, -0.05) is 11.6 Å². The Morgan fingerprint density at radius 1 is 1.24 bits per heavy atom. The van der Waals surface area contributed by atoms with Crippen LogP contribution in [0.25, 0.3) is 0 Å². The molecule has 1 amide bonds. The number of anilines is 2. The van der Waals surface area contributed by atoms with Crippen LogP contribution in [0, 0.1) is 5.82 Å². The molecule has 0 saturated carbocycles. The van der Waals surface area contributed by atoms with Crippen LogP contribution in [-0.4, -0.2) is 93.4 Å². The number of hydrogen-bond donors (Lipinski definition) is 1. The number of aromatic nitrogens is 4. The van der Waals surface area contributed by atoms with Gasteiger partial charge in [-0.3, -0.25) is 14.5 Å². The maximum absolute atomic E-state index is 15.3. The molecule has 4 aliphatic rings. The summed E-state index contributed by atoms with van der Waals surface area (Å²) < 4.78 is 85.2. The van der Waals surface area contributed by atoms with Crippen LogP contribution in [0.4, 0.5) is 33.5 Å². The SMILES string of the molecule is CN(C)C(=O)c1nn2c(c1Cl)CN(c1nc(OC[C@@]34CCCN3C[C@H](F)C4)nc3c1CO[C@H](c1c(C(F)(F)F)ccc(N)c1F)C3)CCC2=O. The van der Waals surface area contributed by atoms with E-state index in [2.05, 4.69) is 15.0 Å². The van der Waals surface area contributed by atoms with Crippen molar-refractivity contribution in [3.63, 3.8) is 0 Å². The summed E-state index contributed by atoms with van der Waals surface area (Å²) in [5.74, 6) is -1.91. The summed E-state index contributed by atoms with van der Waals surface area (Å²) in [4.78, 5) is 40.3. The molecule has 7 rings (SSSR count). The first-order chi connectivity index (χ1) is 23.7. The number of nitrogen functional groups attached to an aromatic ring is 1. The molecule has 0 spiro atoms. The fourth-order valence-corrected chi connectivity index (χ4v) is 7.72. The third-order valence-electron chi connectivity index (χ3n) is 9.92. The zero-order valence-electron chi connectivity index (χ0n) is 27.2. The second-order valence-corrected chi connectivity index (χ2v) is 13.7. The molecule has 50 heavy (non-hydrogen) atoms. The molecule has 12 nitrogen and oxygen atoms in total. The van der Waals surface area contributed by atoms with Crippen molar-refractivity contribution in [2.24, 2.45) is 0 Å². The number of benzene rings is 1. The molecule has 4 aliphatic heterocycles. The highest BCUT2D eigenvalue weighted by Gasteiger charge is 2.49. The highest BCUT2D eigenvalue weighted by atomic mass is 35.5. The number of nitrogens with zero attached hydrogens (tertiary/aromatic N) is 7. The Bertz CT molecular complexity index is 1870. The van der Waals surface area contributed by atoms with E-state index in [1.54, 1.807) is 4.90 Å². The molecule has 0 unspecified atom stereocenters. The topological polar surface area (TPSA) is 132 Å². The normalized spacial score (nSPS) is 23.8. The van der Waals surface area contributed by atoms with Crippen LogP contribution < -0.4 is 15.4 Å². The predicted molar refractivity (Wildman–Crippen MR) is 169 cm³/mol. The van der Waals surface area contributed by atoms with E-state index < -0.39 is 58.4 Å². The molecule has 2 fully saturated rings. The number of alkyl halides is 4. The zero-order chi connectivity index (χ0) is 35.7. The van der Waals surface area contributed by atoms with Gasteiger partial charge in [0, 0.05) is 57.6 Å². The van der Waals surface area contributed by atoms with Gasteiger partial charge in [-0.15, -0.1) is 0 Å². The lowest BCUT2D eigenvalue weighted by atomic mass is 9.94. The zero-order valence-corrected chi connectivity index (χ0v) is 28.0. The summed E-state index contributed by atoms with van der Waals surface area (Å²) in [5, 5.41) is 4.19. The quantitative estimate of drug-likeness (QED) is 0.285. The molecule has 0 aliphatic carbocycles. The van der Waals surface area contributed by atoms with Gasteiger partial charge in [0.1, 0.15) is 18.6 Å². The highest BCUT2D eigenvalue weighted by Crippen LogP contribution is 2.44. The minimum atomic E-state index is -4.89. The van der Waals surface area contributed by atoms with E-state index in [0.29, 0.717) is 18.5 Å². The summed E-state index contributed by atoms with van der Waals surface area (Å²) in [5.41, 5.74) is 3.48. The van der Waals surface area contributed by atoms with E-state index in [9.17, 15) is 27.2 Å². The minimum Gasteiger partial charge on any atom is -0.461 e. The second kappa shape index (κ2) is 12.6. The second-order valence-electron chi connectivity index (χ2n) is 13.3. The lowest BCUT2D eigenvalue weighted by Gasteiger charge is -2.33. The van der Waals surface area contributed by atoms with Crippen molar-refractivity contribution >= 4 is 34.9 Å². The molecule has 2 aromatic heterocycles. The van der Waals surface area contributed by atoms with E-state index in [4.69, 9.17) is 31.8 Å². The molecular weight excluding hydrogens is 691 g/mol. The van der Waals surface area contributed by atoms with Gasteiger partial charge >= 0.3 is 12.2 Å². The number of ether oxygens (including phenoxy) is 2. The number of rotatable bonds is 6. The Kier molecular flexibility index (Phi) is 8.66. The first-order valence-electron chi connectivity index (χ1n) is 16.1. The van der Waals surface area contributed by atoms with E-state index in [-0.39, 0.29) is 79.5 Å². The minimum absolute atomic E-state index is 0.0149. The summed E-state index contributed by atoms with van der Waals surface area (Å²) in [6, 6.07) is 1.45. The molecule has 0 bridgehead atoms. The number of hydrogen-bond acceptors (Lipinski definition) is 10. The summed E-state index contributed by atoms with van der Waals surface area (Å²) in [6.07, 6.45) is -5.81. The number of carbonyl (C=O) groups excluding carboxylic acids is 2. The summed E-state index contributed by atoms with van der Waals surface area (Å²) in [6.45, 7) is 0.853. The van der Waals surface area contributed by atoms with Crippen molar-refractivity contribution < 1.29 is 41.0 Å². The van der Waals surface area contributed by atoms with Crippen LogP contribution in [-0.2, 0) is 30.5 Å². The Balaban J connectivity index is 1.29. The number of nitrogens with two attached hydrogens (primary N) is 1. The molecule has 18 heteroatoms. The third kappa shape index (κ3) is 5.92.